The molecular formula is C11H13NO4S. The third-order valence-electron chi connectivity index (χ3n) is 3.28. The van der Waals surface area contributed by atoms with Crippen LogP contribution in [-0.4, -0.2) is 32.8 Å². The predicted octanol–water partition coefficient (Wildman–Crippen LogP) is 0.253. The Kier molecular flexibility index (Phi) is 2.15. The SMILES string of the molecule is CS(=O)(=O)[C@@H]1[C@H](N)[C@@H]1c1ccc2c(c1)OCO2. The standard InChI is InChI=1S/C11H13NO4S/c1-17(13,14)11-9(10(11)12)6-2-3-7-8(4-6)16-5-15-7/h2-4,9-11H,5,12H2,1H3/t9-,10+,11-/m0/s1. The molecule has 5 nitrogen and oxygen atoms in total. The maximum absolute atomic E-state index is 11.5. The zero-order valence-electron chi connectivity index (χ0n) is 9.29. The van der Waals surface area contributed by atoms with Gasteiger partial charge in [-0.25, -0.2) is 8.42 Å². The number of benzene rings is 1. The molecule has 0 radical (unpaired) electrons. The van der Waals surface area contributed by atoms with Crippen molar-refractivity contribution in [3.63, 3.8) is 0 Å². The highest BCUT2D eigenvalue weighted by Crippen LogP contribution is 2.47. The predicted molar refractivity (Wildman–Crippen MR) is 61.9 cm³/mol. The van der Waals surface area contributed by atoms with Gasteiger partial charge in [-0.3, -0.25) is 0 Å². The smallest absolute Gasteiger partial charge is 0.231 e. The van der Waals surface area contributed by atoms with Crippen molar-refractivity contribution in [2.75, 3.05) is 13.0 Å². The first-order valence-electron chi connectivity index (χ1n) is 5.32. The van der Waals surface area contributed by atoms with Gasteiger partial charge in [-0.15, -0.1) is 0 Å². The quantitative estimate of drug-likeness (QED) is 0.819. The molecule has 1 aliphatic heterocycles. The van der Waals surface area contributed by atoms with E-state index >= 15 is 0 Å². The minimum atomic E-state index is -3.09. The van der Waals surface area contributed by atoms with E-state index in [-0.39, 0.29) is 18.8 Å². The van der Waals surface area contributed by atoms with Gasteiger partial charge in [-0.2, -0.15) is 0 Å². The molecule has 0 bridgehead atoms. The summed E-state index contributed by atoms with van der Waals surface area (Å²) in [6, 6.07) is 5.15. The van der Waals surface area contributed by atoms with Crippen LogP contribution in [0.25, 0.3) is 0 Å². The Labute approximate surface area is 99.4 Å². The minimum Gasteiger partial charge on any atom is -0.454 e. The molecule has 17 heavy (non-hydrogen) atoms. The Bertz CT molecular complexity index is 569. The first-order chi connectivity index (χ1) is 7.98. The fourth-order valence-electron chi connectivity index (χ4n) is 2.39. The van der Waals surface area contributed by atoms with Crippen molar-refractivity contribution >= 4 is 9.84 Å². The number of nitrogens with two attached hydrogens (primary N) is 1. The number of fused-ring (bicyclic) bond motifs is 1. The Hall–Kier alpha value is -1.27. The molecular weight excluding hydrogens is 242 g/mol. The van der Waals surface area contributed by atoms with Crippen LogP contribution < -0.4 is 15.2 Å². The largest absolute Gasteiger partial charge is 0.454 e. The van der Waals surface area contributed by atoms with E-state index in [1.807, 2.05) is 12.1 Å². The second kappa shape index (κ2) is 3.36. The number of hydrogen-bond donors (Lipinski definition) is 1. The molecule has 2 N–H and O–H groups in total. The molecule has 3 atom stereocenters. The van der Waals surface area contributed by atoms with E-state index in [1.54, 1.807) is 6.07 Å². The maximum atomic E-state index is 11.5. The Morgan fingerprint density at radius 2 is 2.00 bits per heavy atom. The van der Waals surface area contributed by atoms with Crippen molar-refractivity contribution in [1.82, 2.24) is 0 Å². The van der Waals surface area contributed by atoms with E-state index in [0.29, 0.717) is 11.5 Å². The van der Waals surface area contributed by atoms with Crippen LogP contribution in [-0.2, 0) is 9.84 Å². The molecule has 0 saturated heterocycles. The summed E-state index contributed by atoms with van der Waals surface area (Å²) in [6.07, 6.45) is 1.23. The summed E-state index contributed by atoms with van der Waals surface area (Å²) in [4.78, 5) is 0. The van der Waals surface area contributed by atoms with Crippen LogP contribution in [0, 0.1) is 0 Å². The van der Waals surface area contributed by atoms with Gasteiger partial charge in [0, 0.05) is 18.2 Å². The van der Waals surface area contributed by atoms with Crippen LogP contribution in [0.5, 0.6) is 11.5 Å². The van der Waals surface area contributed by atoms with E-state index < -0.39 is 15.1 Å². The highest BCUT2D eigenvalue weighted by molar-refractivity contribution is 7.91. The molecule has 1 aliphatic carbocycles. The third-order valence-corrected chi connectivity index (χ3v) is 4.88. The fraction of sp³-hybridized carbons (Fsp3) is 0.455. The molecule has 2 aliphatic rings. The lowest BCUT2D eigenvalue weighted by molar-refractivity contribution is 0.174. The number of hydrogen-bond acceptors (Lipinski definition) is 5. The normalized spacial score (nSPS) is 30.4. The van der Waals surface area contributed by atoms with Gasteiger partial charge in [0.1, 0.15) is 0 Å². The maximum Gasteiger partial charge on any atom is 0.231 e. The van der Waals surface area contributed by atoms with Gasteiger partial charge in [0.25, 0.3) is 0 Å². The van der Waals surface area contributed by atoms with E-state index in [4.69, 9.17) is 15.2 Å². The van der Waals surface area contributed by atoms with E-state index in [9.17, 15) is 8.42 Å². The molecule has 1 aromatic rings. The third kappa shape index (κ3) is 1.68. The number of ether oxygens (including phenoxy) is 2. The second-order valence-electron chi connectivity index (χ2n) is 4.51. The molecule has 1 fully saturated rings. The summed E-state index contributed by atoms with van der Waals surface area (Å²) in [5.74, 6) is 1.23. The summed E-state index contributed by atoms with van der Waals surface area (Å²) in [5.41, 5.74) is 6.72. The highest BCUT2D eigenvalue weighted by Gasteiger charge is 2.55. The van der Waals surface area contributed by atoms with Gasteiger partial charge in [0.2, 0.25) is 6.79 Å². The van der Waals surface area contributed by atoms with Crippen molar-refractivity contribution in [3.8, 4) is 11.5 Å². The van der Waals surface area contributed by atoms with E-state index in [2.05, 4.69) is 0 Å². The lowest BCUT2D eigenvalue weighted by Crippen LogP contribution is -2.13. The van der Waals surface area contributed by atoms with Crippen LogP contribution in [0.1, 0.15) is 11.5 Å². The zero-order chi connectivity index (χ0) is 12.2. The Morgan fingerprint density at radius 1 is 1.29 bits per heavy atom. The van der Waals surface area contributed by atoms with Crippen LogP contribution in [0.15, 0.2) is 18.2 Å². The molecule has 0 amide bonds. The lowest BCUT2D eigenvalue weighted by Gasteiger charge is -2.01. The van der Waals surface area contributed by atoms with Crippen LogP contribution in [0.2, 0.25) is 0 Å². The molecule has 3 rings (SSSR count). The van der Waals surface area contributed by atoms with Gasteiger partial charge in [-0.05, 0) is 17.7 Å². The highest BCUT2D eigenvalue weighted by atomic mass is 32.2. The summed E-state index contributed by atoms with van der Waals surface area (Å²) in [6.45, 7) is 0.213. The van der Waals surface area contributed by atoms with Gasteiger partial charge in [-0.1, -0.05) is 6.07 Å². The zero-order valence-corrected chi connectivity index (χ0v) is 10.1. The van der Waals surface area contributed by atoms with Gasteiger partial charge in [0.05, 0.1) is 5.25 Å². The first kappa shape index (κ1) is 10.9. The van der Waals surface area contributed by atoms with Gasteiger partial charge >= 0.3 is 0 Å². The van der Waals surface area contributed by atoms with Crippen molar-refractivity contribution in [2.24, 2.45) is 5.73 Å². The van der Waals surface area contributed by atoms with Gasteiger partial charge in [0.15, 0.2) is 21.3 Å². The Balaban J connectivity index is 1.92. The minimum absolute atomic E-state index is 0.125. The summed E-state index contributed by atoms with van der Waals surface area (Å²) < 4.78 is 33.4. The summed E-state index contributed by atoms with van der Waals surface area (Å²) in [5, 5.41) is -0.470. The molecule has 1 heterocycles. The van der Waals surface area contributed by atoms with Gasteiger partial charge < -0.3 is 15.2 Å². The average molecular weight is 255 g/mol. The second-order valence-corrected chi connectivity index (χ2v) is 6.71. The summed E-state index contributed by atoms with van der Waals surface area (Å²) in [7, 11) is -3.09. The number of sulfone groups is 1. The molecule has 92 valence electrons. The topological polar surface area (TPSA) is 78.6 Å². The van der Waals surface area contributed by atoms with Crippen molar-refractivity contribution in [2.45, 2.75) is 17.2 Å². The monoisotopic (exact) mass is 255 g/mol. The van der Waals surface area contributed by atoms with Crippen molar-refractivity contribution in [3.05, 3.63) is 23.8 Å². The molecule has 1 aromatic carbocycles. The van der Waals surface area contributed by atoms with E-state index in [1.165, 1.54) is 6.26 Å². The number of rotatable bonds is 2. The van der Waals surface area contributed by atoms with Crippen LogP contribution in [0.4, 0.5) is 0 Å². The first-order valence-corrected chi connectivity index (χ1v) is 7.28. The molecule has 0 aromatic heterocycles. The Morgan fingerprint density at radius 3 is 2.65 bits per heavy atom. The summed E-state index contributed by atoms with van der Waals surface area (Å²) >= 11 is 0. The van der Waals surface area contributed by atoms with E-state index in [0.717, 1.165) is 5.56 Å². The molecule has 6 heteroatoms. The van der Waals surface area contributed by atoms with Crippen LogP contribution >= 0.6 is 0 Å². The van der Waals surface area contributed by atoms with Crippen LogP contribution in [0.3, 0.4) is 0 Å². The molecule has 0 unspecified atom stereocenters. The molecule has 0 spiro atoms. The van der Waals surface area contributed by atoms with Crippen molar-refractivity contribution < 1.29 is 17.9 Å². The fourth-order valence-corrected chi connectivity index (χ4v) is 3.91. The lowest BCUT2D eigenvalue weighted by atomic mass is 10.1. The molecule has 1 saturated carbocycles. The van der Waals surface area contributed by atoms with Crippen molar-refractivity contribution in [1.29, 1.82) is 0 Å². The average Bonchev–Trinajstić information content (AvgIpc) is 2.73.